The summed E-state index contributed by atoms with van der Waals surface area (Å²) in [5, 5.41) is 0. The molecule has 0 bridgehead atoms. The molecule has 0 aliphatic carbocycles. The minimum absolute atomic E-state index is 0.681. The molecule has 0 fully saturated rings. The fraction of sp³-hybridized carbons (Fsp3) is 0.167. The van der Waals surface area contributed by atoms with Crippen molar-refractivity contribution < 1.29 is 4.74 Å². The van der Waals surface area contributed by atoms with E-state index in [1.165, 1.54) is 16.7 Å². The van der Waals surface area contributed by atoms with Crippen LogP contribution in [0.2, 0.25) is 0 Å². The van der Waals surface area contributed by atoms with Gasteiger partial charge >= 0.3 is 0 Å². The third-order valence-corrected chi connectivity index (χ3v) is 2.20. The van der Waals surface area contributed by atoms with Gasteiger partial charge in [-0.25, -0.2) is 0 Å². The zero-order valence-corrected chi connectivity index (χ0v) is 7.66. The van der Waals surface area contributed by atoms with Crippen LogP contribution in [0.25, 0.3) is 5.57 Å². The normalized spacial score (nSPS) is 15.0. The number of aryl methyl sites for hydroxylation is 1. The molecule has 66 valence electrons. The van der Waals surface area contributed by atoms with E-state index in [1.54, 1.807) is 6.26 Å². The molecular weight excluding hydrogens is 160 g/mol. The number of benzene rings is 1. The van der Waals surface area contributed by atoms with Gasteiger partial charge in [-0.15, -0.1) is 0 Å². The summed E-state index contributed by atoms with van der Waals surface area (Å²) in [7, 11) is 0. The minimum Gasteiger partial charge on any atom is -0.497 e. The van der Waals surface area contributed by atoms with Gasteiger partial charge in [-0.3, -0.25) is 0 Å². The van der Waals surface area contributed by atoms with Gasteiger partial charge in [0, 0.05) is 0 Å². The van der Waals surface area contributed by atoms with Crippen molar-refractivity contribution in [3.63, 3.8) is 0 Å². The van der Waals surface area contributed by atoms with Crippen molar-refractivity contribution in [2.45, 2.75) is 6.92 Å². The van der Waals surface area contributed by atoms with Crippen LogP contribution in [0.4, 0.5) is 0 Å². The molecule has 13 heavy (non-hydrogen) atoms. The second kappa shape index (κ2) is 3.48. The number of hydrogen-bond donors (Lipinski definition) is 0. The molecule has 0 radical (unpaired) electrons. The lowest BCUT2D eigenvalue weighted by Gasteiger charge is -2.10. The molecule has 0 N–H and O–H groups in total. The first kappa shape index (κ1) is 8.11. The third kappa shape index (κ3) is 1.64. The molecule has 1 heterocycles. The quantitative estimate of drug-likeness (QED) is 0.632. The van der Waals surface area contributed by atoms with E-state index in [0.717, 1.165) is 0 Å². The zero-order chi connectivity index (χ0) is 9.10. The second-order valence-electron chi connectivity index (χ2n) is 3.11. The lowest BCUT2D eigenvalue weighted by molar-refractivity contribution is 0.287. The fourth-order valence-corrected chi connectivity index (χ4v) is 1.48. The highest BCUT2D eigenvalue weighted by atomic mass is 16.5. The van der Waals surface area contributed by atoms with Crippen LogP contribution < -0.4 is 0 Å². The lowest BCUT2D eigenvalue weighted by atomic mass is 10.00. The molecule has 2 rings (SSSR count). The number of ether oxygens (including phenoxy) is 1. The smallest absolute Gasteiger partial charge is 0.106 e. The Morgan fingerprint density at radius 2 is 2.08 bits per heavy atom. The minimum atomic E-state index is 0.681. The summed E-state index contributed by atoms with van der Waals surface area (Å²) in [5.74, 6) is 0. The molecule has 0 aromatic heterocycles. The van der Waals surface area contributed by atoms with E-state index in [0.29, 0.717) is 6.61 Å². The highest BCUT2D eigenvalue weighted by molar-refractivity contribution is 5.76. The van der Waals surface area contributed by atoms with E-state index in [4.69, 9.17) is 4.74 Å². The molecule has 1 aliphatic heterocycles. The standard InChI is InChI=1S/C12H12O/c1-10-4-2-3-5-12(10)11-6-8-13-9-7-11/h2-8H,9H2,1H3. The monoisotopic (exact) mass is 172 g/mol. The van der Waals surface area contributed by atoms with Crippen molar-refractivity contribution in [3.8, 4) is 0 Å². The van der Waals surface area contributed by atoms with E-state index in [1.807, 2.05) is 6.08 Å². The molecule has 0 spiro atoms. The first-order valence-electron chi connectivity index (χ1n) is 4.42. The SMILES string of the molecule is Cc1ccccc1C1=CCOC=C1. The maximum Gasteiger partial charge on any atom is 0.106 e. The molecule has 0 atom stereocenters. The Bertz CT molecular complexity index is 361. The maximum atomic E-state index is 5.10. The van der Waals surface area contributed by atoms with Gasteiger partial charge in [0.15, 0.2) is 0 Å². The van der Waals surface area contributed by atoms with Gasteiger partial charge in [-0.1, -0.05) is 24.3 Å². The summed E-state index contributed by atoms with van der Waals surface area (Å²) in [6, 6.07) is 8.38. The summed E-state index contributed by atoms with van der Waals surface area (Å²) in [4.78, 5) is 0. The Labute approximate surface area is 78.3 Å². The van der Waals surface area contributed by atoms with Gasteiger partial charge in [-0.05, 0) is 35.8 Å². The molecule has 1 aliphatic rings. The zero-order valence-electron chi connectivity index (χ0n) is 7.66. The molecule has 1 nitrogen and oxygen atoms in total. The predicted octanol–water partition coefficient (Wildman–Crippen LogP) is 2.92. The molecule has 0 unspecified atom stereocenters. The predicted molar refractivity (Wildman–Crippen MR) is 54.2 cm³/mol. The van der Waals surface area contributed by atoms with Crippen LogP contribution in [-0.4, -0.2) is 6.61 Å². The summed E-state index contributed by atoms with van der Waals surface area (Å²) < 4.78 is 5.10. The summed E-state index contributed by atoms with van der Waals surface area (Å²) in [6.45, 7) is 2.81. The van der Waals surface area contributed by atoms with Crippen LogP contribution in [-0.2, 0) is 4.74 Å². The topological polar surface area (TPSA) is 9.23 Å². The van der Waals surface area contributed by atoms with E-state index in [9.17, 15) is 0 Å². The van der Waals surface area contributed by atoms with Crippen LogP contribution in [0.1, 0.15) is 11.1 Å². The largest absolute Gasteiger partial charge is 0.497 e. The Kier molecular flexibility index (Phi) is 2.17. The molecular formula is C12H12O. The van der Waals surface area contributed by atoms with E-state index >= 15 is 0 Å². The van der Waals surface area contributed by atoms with Gasteiger partial charge in [0.1, 0.15) is 6.61 Å². The highest BCUT2D eigenvalue weighted by Gasteiger charge is 2.02. The van der Waals surface area contributed by atoms with Crippen molar-refractivity contribution in [2.24, 2.45) is 0 Å². The van der Waals surface area contributed by atoms with Crippen LogP contribution in [0.15, 0.2) is 42.7 Å². The van der Waals surface area contributed by atoms with Crippen molar-refractivity contribution in [1.29, 1.82) is 0 Å². The second-order valence-corrected chi connectivity index (χ2v) is 3.11. The van der Waals surface area contributed by atoms with Crippen LogP contribution in [0.5, 0.6) is 0 Å². The molecule has 1 heteroatoms. The number of hydrogen-bond acceptors (Lipinski definition) is 1. The highest BCUT2D eigenvalue weighted by Crippen LogP contribution is 2.21. The van der Waals surface area contributed by atoms with Crippen molar-refractivity contribution in [2.75, 3.05) is 6.61 Å². The average Bonchev–Trinajstić information content (AvgIpc) is 2.20. The Hall–Kier alpha value is -1.50. The molecule has 0 amide bonds. The number of allylic oxidation sites excluding steroid dienone is 2. The van der Waals surface area contributed by atoms with Crippen molar-refractivity contribution >= 4 is 5.57 Å². The third-order valence-electron chi connectivity index (χ3n) is 2.20. The average molecular weight is 172 g/mol. The summed E-state index contributed by atoms with van der Waals surface area (Å²) in [5.41, 5.74) is 3.85. The van der Waals surface area contributed by atoms with Crippen LogP contribution >= 0.6 is 0 Å². The first-order valence-corrected chi connectivity index (χ1v) is 4.42. The fourth-order valence-electron chi connectivity index (χ4n) is 1.48. The van der Waals surface area contributed by atoms with Gasteiger partial charge in [-0.2, -0.15) is 0 Å². The Morgan fingerprint density at radius 3 is 2.77 bits per heavy atom. The van der Waals surface area contributed by atoms with Gasteiger partial charge in [0.25, 0.3) is 0 Å². The van der Waals surface area contributed by atoms with Gasteiger partial charge in [0.05, 0.1) is 6.26 Å². The van der Waals surface area contributed by atoms with E-state index < -0.39 is 0 Å². The van der Waals surface area contributed by atoms with E-state index in [2.05, 4.69) is 37.3 Å². The summed E-state index contributed by atoms with van der Waals surface area (Å²) in [6.07, 6.45) is 5.86. The van der Waals surface area contributed by atoms with Crippen LogP contribution in [0.3, 0.4) is 0 Å². The van der Waals surface area contributed by atoms with Crippen molar-refractivity contribution in [3.05, 3.63) is 53.8 Å². The van der Waals surface area contributed by atoms with Gasteiger partial charge in [0.2, 0.25) is 0 Å². The van der Waals surface area contributed by atoms with Crippen molar-refractivity contribution in [1.82, 2.24) is 0 Å². The van der Waals surface area contributed by atoms with E-state index in [-0.39, 0.29) is 0 Å². The van der Waals surface area contributed by atoms with Gasteiger partial charge < -0.3 is 4.74 Å². The maximum absolute atomic E-state index is 5.10. The molecule has 1 aromatic carbocycles. The molecule has 0 saturated carbocycles. The molecule has 1 aromatic rings. The van der Waals surface area contributed by atoms with Crippen LogP contribution in [0, 0.1) is 6.92 Å². The summed E-state index contributed by atoms with van der Waals surface area (Å²) >= 11 is 0. The Balaban J connectivity index is 2.40. The number of rotatable bonds is 1. The molecule has 0 saturated heterocycles. The first-order chi connectivity index (χ1) is 6.38. The lowest BCUT2D eigenvalue weighted by Crippen LogP contribution is -1.93. The Morgan fingerprint density at radius 1 is 1.23 bits per heavy atom.